The zero-order valence-corrected chi connectivity index (χ0v) is 29.0. The number of hydrogen-bond acceptors (Lipinski definition) is 14. The van der Waals surface area contributed by atoms with Crippen LogP contribution in [0.3, 0.4) is 0 Å². The Balaban J connectivity index is 1.32. The Morgan fingerprint density at radius 2 is 1.86 bits per heavy atom. The number of ketones is 2. The fraction of sp³-hybridized carbons (Fsp3) is 0.583. The standard InChI is InChI=1S/C36H43NO14/c1-5-47-33(43)51-36(15-13-25-24-10-9-22-18-23(38)12-14-34(22,2)31(24)26(39)19-35(25,36)3)29(40)20-48-32(42)21-8-11-27(28(17-21)46-4)50-30(41)7-6-16-49-37(44)45/h8,11-12,14,17-18,24-26,31,39H,5-7,9-10,13,15-16,19-20H2,1-4H3/t24-,25-,26-,31+,34-,35-,36-/m0/s1. The van der Waals surface area contributed by atoms with Gasteiger partial charge in [-0.3, -0.25) is 14.4 Å². The van der Waals surface area contributed by atoms with Crippen LogP contribution in [-0.2, 0) is 33.4 Å². The number of aliphatic hydroxyl groups is 1. The molecule has 15 heteroatoms. The largest absolute Gasteiger partial charge is 0.509 e. The number of carbonyl (C=O) groups excluding carboxylic acids is 5. The number of hydrogen-bond donors (Lipinski definition) is 1. The fourth-order valence-electron chi connectivity index (χ4n) is 9.02. The SMILES string of the molecule is CCOC(=O)O[C@]1(C(=O)COC(=O)c2ccc(OC(=O)CCCO[N+](=O)[O-])c(OC)c2)CC[C@H]2[C@@H]3CCC4=CC(=O)C=C[C@]4(C)[C@H]3[C@@H](O)C[C@@]21C. The molecule has 3 fully saturated rings. The molecular weight excluding hydrogens is 670 g/mol. The summed E-state index contributed by atoms with van der Waals surface area (Å²) in [4.78, 5) is 79.2. The van der Waals surface area contributed by atoms with E-state index in [-0.39, 0.29) is 79.5 Å². The number of benzene rings is 1. The average Bonchev–Trinajstić information content (AvgIpc) is 3.37. The van der Waals surface area contributed by atoms with Crippen LogP contribution >= 0.6 is 0 Å². The van der Waals surface area contributed by atoms with Crippen LogP contribution in [0.2, 0.25) is 0 Å². The number of ether oxygens (including phenoxy) is 5. The third-order valence-corrected chi connectivity index (χ3v) is 11.3. The minimum atomic E-state index is -1.76. The molecule has 276 valence electrons. The van der Waals surface area contributed by atoms with Crippen LogP contribution in [0.15, 0.2) is 42.0 Å². The fourth-order valence-corrected chi connectivity index (χ4v) is 9.02. The van der Waals surface area contributed by atoms with Crippen molar-refractivity contribution < 1.29 is 62.7 Å². The van der Waals surface area contributed by atoms with Gasteiger partial charge in [0.1, 0.15) is 0 Å². The van der Waals surface area contributed by atoms with Crippen LogP contribution in [-0.4, -0.2) is 78.5 Å². The van der Waals surface area contributed by atoms with Gasteiger partial charge in [-0.15, -0.1) is 10.1 Å². The van der Waals surface area contributed by atoms with Gasteiger partial charge in [-0.2, -0.15) is 0 Å². The summed E-state index contributed by atoms with van der Waals surface area (Å²) in [5.74, 6) is -2.73. The van der Waals surface area contributed by atoms with E-state index in [0.717, 1.165) is 5.57 Å². The molecule has 3 saturated carbocycles. The van der Waals surface area contributed by atoms with Crippen molar-refractivity contribution >= 4 is 29.7 Å². The number of rotatable bonds is 13. The second-order valence-corrected chi connectivity index (χ2v) is 13.9. The van der Waals surface area contributed by atoms with Crippen LogP contribution in [0.5, 0.6) is 11.5 Å². The van der Waals surface area contributed by atoms with Crippen LogP contribution in [0.1, 0.15) is 76.1 Å². The zero-order chi connectivity index (χ0) is 37.1. The van der Waals surface area contributed by atoms with Gasteiger partial charge in [0, 0.05) is 23.2 Å². The van der Waals surface area contributed by atoms with E-state index in [1.807, 2.05) is 19.9 Å². The van der Waals surface area contributed by atoms with Gasteiger partial charge in [-0.05, 0) is 87.6 Å². The monoisotopic (exact) mass is 713 g/mol. The van der Waals surface area contributed by atoms with Crippen molar-refractivity contribution in [1.82, 2.24) is 0 Å². The molecule has 4 aliphatic carbocycles. The maximum atomic E-state index is 14.3. The van der Waals surface area contributed by atoms with E-state index in [1.54, 1.807) is 19.1 Å². The quantitative estimate of drug-likeness (QED) is 0.0983. The van der Waals surface area contributed by atoms with E-state index in [2.05, 4.69) is 4.84 Å². The molecule has 0 heterocycles. The molecule has 51 heavy (non-hydrogen) atoms. The van der Waals surface area contributed by atoms with Crippen molar-refractivity contribution in [3.8, 4) is 11.5 Å². The summed E-state index contributed by atoms with van der Waals surface area (Å²) < 4.78 is 27.0. The summed E-state index contributed by atoms with van der Waals surface area (Å²) >= 11 is 0. The molecule has 0 bridgehead atoms. The van der Waals surface area contributed by atoms with Crippen LogP contribution in [0.4, 0.5) is 4.79 Å². The number of fused-ring (bicyclic) bond motifs is 5. The lowest BCUT2D eigenvalue weighted by Gasteiger charge is -2.59. The maximum Gasteiger partial charge on any atom is 0.509 e. The number of nitrogens with zero attached hydrogens (tertiary/aromatic N) is 1. The summed E-state index contributed by atoms with van der Waals surface area (Å²) in [5.41, 5.74) is -2.36. The molecule has 5 rings (SSSR count). The van der Waals surface area contributed by atoms with Crippen LogP contribution in [0, 0.1) is 38.7 Å². The van der Waals surface area contributed by atoms with Gasteiger partial charge in [0.25, 0.3) is 5.09 Å². The molecule has 0 spiro atoms. The molecule has 0 amide bonds. The van der Waals surface area contributed by atoms with Gasteiger partial charge < -0.3 is 33.6 Å². The molecule has 15 nitrogen and oxygen atoms in total. The summed E-state index contributed by atoms with van der Waals surface area (Å²) in [7, 11) is 1.29. The smallest absolute Gasteiger partial charge is 0.493 e. The highest BCUT2D eigenvalue weighted by Crippen LogP contribution is 2.68. The molecule has 0 radical (unpaired) electrons. The Morgan fingerprint density at radius 1 is 1.10 bits per heavy atom. The zero-order valence-electron chi connectivity index (χ0n) is 29.0. The van der Waals surface area contributed by atoms with E-state index >= 15 is 0 Å². The van der Waals surface area contributed by atoms with Gasteiger partial charge in [0.15, 0.2) is 29.5 Å². The molecule has 0 aliphatic heterocycles. The molecule has 1 N–H and O–H groups in total. The molecule has 0 aromatic heterocycles. The summed E-state index contributed by atoms with van der Waals surface area (Å²) in [6, 6.07) is 3.88. The lowest BCUT2D eigenvalue weighted by atomic mass is 9.46. The Kier molecular flexibility index (Phi) is 10.9. The van der Waals surface area contributed by atoms with E-state index in [4.69, 9.17) is 23.7 Å². The number of methoxy groups -OCH3 is 1. The molecule has 1 aromatic carbocycles. The third kappa shape index (κ3) is 7.08. The Bertz CT molecular complexity index is 1650. The van der Waals surface area contributed by atoms with E-state index in [0.29, 0.717) is 19.3 Å². The minimum absolute atomic E-state index is 0.00717. The normalized spacial score (nSPS) is 30.5. The van der Waals surface area contributed by atoms with Crippen molar-refractivity contribution in [1.29, 1.82) is 0 Å². The highest BCUT2D eigenvalue weighted by molar-refractivity contribution is 6.01. The second-order valence-electron chi connectivity index (χ2n) is 13.9. The first-order chi connectivity index (χ1) is 24.2. The van der Waals surface area contributed by atoms with Gasteiger partial charge in [0.2, 0.25) is 5.78 Å². The predicted octanol–water partition coefficient (Wildman–Crippen LogP) is 4.51. The summed E-state index contributed by atoms with van der Waals surface area (Å²) in [6.45, 7) is 4.47. The van der Waals surface area contributed by atoms with Crippen molar-refractivity contribution in [2.24, 2.45) is 28.6 Å². The molecule has 1 aromatic rings. The van der Waals surface area contributed by atoms with Crippen LogP contribution < -0.4 is 9.47 Å². The lowest BCUT2D eigenvalue weighted by molar-refractivity contribution is -0.757. The first-order valence-corrected chi connectivity index (χ1v) is 17.0. The van der Waals surface area contributed by atoms with E-state index in [9.17, 15) is 39.2 Å². The Morgan fingerprint density at radius 3 is 2.57 bits per heavy atom. The number of esters is 2. The first kappa shape index (κ1) is 37.5. The minimum Gasteiger partial charge on any atom is -0.493 e. The highest BCUT2D eigenvalue weighted by atomic mass is 16.9. The molecular formula is C36H43NO14. The van der Waals surface area contributed by atoms with Crippen molar-refractivity contribution in [3.05, 3.63) is 57.7 Å². The Hall–Kier alpha value is -4.79. The topological polar surface area (TPSA) is 204 Å². The number of Topliss-reactive ketones (excluding diaryl/α,β-unsaturated/α-hetero) is 1. The van der Waals surface area contributed by atoms with Crippen molar-refractivity contribution in [2.45, 2.75) is 77.4 Å². The van der Waals surface area contributed by atoms with Gasteiger partial charge in [0.05, 0.1) is 32.0 Å². The van der Waals surface area contributed by atoms with Gasteiger partial charge in [-0.25, -0.2) is 9.59 Å². The molecule has 4 aliphatic rings. The van der Waals surface area contributed by atoms with E-state index < -0.39 is 58.1 Å². The Labute approximate surface area is 294 Å². The van der Waals surface area contributed by atoms with Crippen molar-refractivity contribution in [3.63, 3.8) is 0 Å². The van der Waals surface area contributed by atoms with Crippen molar-refractivity contribution in [2.75, 3.05) is 26.9 Å². The molecule has 7 atom stereocenters. The number of allylic oxidation sites excluding steroid dienone is 4. The summed E-state index contributed by atoms with van der Waals surface area (Å²) in [6.07, 6.45) is 5.16. The molecule has 0 unspecified atom stereocenters. The second kappa shape index (κ2) is 14.8. The van der Waals surface area contributed by atoms with Crippen LogP contribution in [0.25, 0.3) is 0 Å². The average molecular weight is 714 g/mol. The number of aliphatic hydroxyl groups excluding tert-OH is 1. The van der Waals surface area contributed by atoms with E-state index in [1.165, 1.54) is 25.3 Å². The maximum absolute atomic E-state index is 14.3. The van der Waals surface area contributed by atoms with Gasteiger partial charge >= 0.3 is 18.1 Å². The summed E-state index contributed by atoms with van der Waals surface area (Å²) in [5, 5.41) is 21.1. The third-order valence-electron chi connectivity index (χ3n) is 11.3. The van der Waals surface area contributed by atoms with Gasteiger partial charge in [-0.1, -0.05) is 25.5 Å². The first-order valence-electron chi connectivity index (χ1n) is 17.0. The molecule has 0 saturated heterocycles. The predicted molar refractivity (Wildman–Crippen MR) is 175 cm³/mol. The number of carbonyl (C=O) groups is 5. The lowest BCUT2D eigenvalue weighted by Crippen LogP contribution is -2.63. The highest BCUT2D eigenvalue weighted by Gasteiger charge is 2.70.